The molecule has 0 bridgehead atoms. The summed E-state index contributed by atoms with van der Waals surface area (Å²) < 4.78 is 0. The molecule has 5 rings (SSSR count). The molecule has 0 aliphatic carbocycles. The van der Waals surface area contributed by atoms with Gasteiger partial charge < -0.3 is 9.80 Å². The molecule has 3 amide bonds. The lowest BCUT2D eigenvalue weighted by atomic mass is 9.97. The summed E-state index contributed by atoms with van der Waals surface area (Å²) in [6.45, 7) is 3.57. The van der Waals surface area contributed by atoms with Crippen molar-refractivity contribution in [2.75, 3.05) is 18.0 Å². The van der Waals surface area contributed by atoms with Gasteiger partial charge in [0.2, 0.25) is 11.8 Å². The number of carbonyl (C=O) groups excluding carboxylic acids is 3. The second kappa shape index (κ2) is 6.97. The summed E-state index contributed by atoms with van der Waals surface area (Å²) >= 11 is 0. The zero-order valence-electron chi connectivity index (χ0n) is 17.1. The Bertz CT molecular complexity index is 1050. The van der Waals surface area contributed by atoms with E-state index >= 15 is 0 Å². The Morgan fingerprint density at radius 3 is 2.57 bits per heavy atom. The molecule has 6 heteroatoms. The molecule has 154 valence electrons. The van der Waals surface area contributed by atoms with Gasteiger partial charge in [0.25, 0.3) is 5.91 Å². The van der Waals surface area contributed by atoms with E-state index in [4.69, 9.17) is 0 Å². The van der Waals surface area contributed by atoms with Crippen LogP contribution in [0.1, 0.15) is 47.7 Å². The first-order valence-electron chi connectivity index (χ1n) is 10.6. The monoisotopic (exact) mass is 403 g/mol. The molecule has 6 nitrogen and oxygen atoms in total. The quantitative estimate of drug-likeness (QED) is 0.792. The number of amides is 3. The van der Waals surface area contributed by atoms with Crippen LogP contribution in [0.25, 0.3) is 0 Å². The fourth-order valence-corrected chi connectivity index (χ4v) is 5.12. The number of fused-ring (bicyclic) bond motifs is 4. The van der Waals surface area contributed by atoms with Crippen molar-refractivity contribution in [1.29, 1.82) is 0 Å². The molecule has 0 N–H and O–H groups in total. The maximum absolute atomic E-state index is 13.3. The van der Waals surface area contributed by atoms with Gasteiger partial charge in [0.1, 0.15) is 5.66 Å². The first kappa shape index (κ1) is 18.9. The number of hydrogen-bond acceptors (Lipinski definition) is 3. The third kappa shape index (κ3) is 2.82. The molecule has 30 heavy (non-hydrogen) atoms. The van der Waals surface area contributed by atoms with E-state index in [0.29, 0.717) is 43.7 Å². The van der Waals surface area contributed by atoms with Crippen LogP contribution in [-0.2, 0) is 22.6 Å². The van der Waals surface area contributed by atoms with Gasteiger partial charge in [-0.15, -0.1) is 0 Å². The van der Waals surface area contributed by atoms with Gasteiger partial charge >= 0.3 is 0 Å². The van der Waals surface area contributed by atoms with Crippen molar-refractivity contribution in [1.82, 2.24) is 9.80 Å². The normalized spacial score (nSPS) is 22.6. The largest absolute Gasteiger partial charge is 0.338 e. The topological polar surface area (TPSA) is 60.9 Å². The van der Waals surface area contributed by atoms with Gasteiger partial charge in [0, 0.05) is 32.5 Å². The maximum atomic E-state index is 13.3. The Morgan fingerprint density at radius 1 is 1.00 bits per heavy atom. The zero-order chi connectivity index (χ0) is 20.9. The molecule has 1 saturated heterocycles. The Kier molecular flexibility index (Phi) is 4.38. The number of rotatable bonds is 3. The summed E-state index contributed by atoms with van der Waals surface area (Å²) in [6, 6.07) is 15.5. The van der Waals surface area contributed by atoms with Crippen molar-refractivity contribution in [2.45, 2.75) is 44.8 Å². The summed E-state index contributed by atoms with van der Waals surface area (Å²) in [5.74, 6) is -0.0205. The van der Waals surface area contributed by atoms with Crippen LogP contribution in [0.2, 0.25) is 0 Å². The number of carbonyl (C=O) groups is 3. The lowest BCUT2D eigenvalue weighted by Gasteiger charge is -2.48. The van der Waals surface area contributed by atoms with E-state index in [0.717, 1.165) is 6.42 Å². The Balaban J connectivity index is 1.35. The summed E-state index contributed by atoms with van der Waals surface area (Å²) in [4.78, 5) is 44.3. The van der Waals surface area contributed by atoms with Crippen molar-refractivity contribution in [3.05, 3.63) is 65.2 Å². The van der Waals surface area contributed by atoms with Crippen LogP contribution in [0.3, 0.4) is 0 Å². The van der Waals surface area contributed by atoms with Crippen LogP contribution in [0.5, 0.6) is 0 Å². The summed E-state index contributed by atoms with van der Waals surface area (Å²) in [5, 5.41) is 0. The van der Waals surface area contributed by atoms with Crippen molar-refractivity contribution in [3.8, 4) is 0 Å². The van der Waals surface area contributed by atoms with Crippen LogP contribution >= 0.6 is 0 Å². The molecule has 1 fully saturated rings. The first-order valence-corrected chi connectivity index (χ1v) is 10.6. The Hall–Kier alpha value is -3.15. The highest BCUT2D eigenvalue weighted by molar-refractivity contribution is 6.10. The number of anilines is 1. The molecular weight excluding hydrogens is 378 g/mol. The average molecular weight is 403 g/mol. The number of nitrogens with zero attached hydrogens (tertiary/aromatic N) is 3. The molecule has 0 aromatic heterocycles. The number of benzene rings is 2. The van der Waals surface area contributed by atoms with Crippen LogP contribution < -0.4 is 4.90 Å². The molecule has 0 spiro atoms. The Labute approximate surface area is 176 Å². The number of hydrogen-bond donors (Lipinski definition) is 0. The van der Waals surface area contributed by atoms with Gasteiger partial charge in [-0.1, -0.05) is 36.4 Å². The van der Waals surface area contributed by atoms with Crippen LogP contribution in [0.4, 0.5) is 5.69 Å². The molecule has 1 unspecified atom stereocenters. The van der Waals surface area contributed by atoms with E-state index in [1.165, 1.54) is 11.1 Å². The SMILES string of the molecule is CC12CCC(=O)N1c1ccccc1C(=O)N2CCC(=O)N1CCc2ccccc2C1. The second-order valence-corrected chi connectivity index (χ2v) is 8.50. The standard InChI is InChI=1S/C24H25N3O3/c1-24-13-10-22(29)27(24)20-9-5-4-8-19(20)23(30)26(24)15-12-21(28)25-14-11-17-6-2-3-7-18(17)16-25/h2-9H,10-16H2,1H3. The van der Waals surface area contributed by atoms with E-state index in [1.807, 2.05) is 42.2 Å². The van der Waals surface area contributed by atoms with Crippen LogP contribution in [-0.4, -0.2) is 46.3 Å². The van der Waals surface area contributed by atoms with Gasteiger partial charge in [-0.3, -0.25) is 19.3 Å². The molecule has 3 heterocycles. The van der Waals surface area contributed by atoms with E-state index in [1.54, 1.807) is 15.9 Å². The molecule has 2 aromatic rings. The highest BCUT2D eigenvalue weighted by Gasteiger charge is 2.52. The maximum Gasteiger partial charge on any atom is 0.257 e. The smallest absolute Gasteiger partial charge is 0.257 e. The zero-order valence-corrected chi connectivity index (χ0v) is 17.1. The Morgan fingerprint density at radius 2 is 1.73 bits per heavy atom. The second-order valence-electron chi connectivity index (χ2n) is 8.50. The highest BCUT2D eigenvalue weighted by Crippen LogP contribution is 2.44. The van der Waals surface area contributed by atoms with Crippen LogP contribution in [0.15, 0.2) is 48.5 Å². The number of para-hydroxylation sites is 1. The third-order valence-corrected chi connectivity index (χ3v) is 6.78. The lowest BCUT2D eigenvalue weighted by molar-refractivity contribution is -0.132. The predicted octanol–water partition coefficient (Wildman–Crippen LogP) is 2.96. The summed E-state index contributed by atoms with van der Waals surface area (Å²) in [5.41, 5.74) is 3.00. The fourth-order valence-electron chi connectivity index (χ4n) is 5.12. The van der Waals surface area contributed by atoms with Crippen molar-refractivity contribution < 1.29 is 14.4 Å². The summed E-state index contributed by atoms with van der Waals surface area (Å²) in [7, 11) is 0. The third-order valence-electron chi connectivity index (χ3n) is 6.78. The predicted molar refractivity (Wildman–Crippen MR) is 113 cm³/mol. The van der Waals surface area contributed by atoms with Gasteiger partial charge in [0.15, 0.2) is 0 Å². The lowest BCUT2D eigenvalue weighted by Crippen LogP contribution is -2.62. The van der Waals surface area contributed by atoms with Gasteiger partial charge in [0.05, 0.1) is 11.3 Å². The minimum absolute atomic E-state index is 0.0291. The molecule has 3 aliphatic heterocycles. The molecular formula is C24H25N3O3. The van der Waals surface area contributed by atoms with E-state index < -0.39 is 5.66 Å². The van der Waals surface area contributed by atoms with E-state index in [2.05, 4.69) is 12.1 Å². The molecule has 2 aromatic carbocycles. The first-order chi connectivity index (χ1) is 14.5. The minimum atomic E-state index is -0.711. The van der Waals surface area contributed by atoms with Crippen molar-refractivity contribution in [2.24, 2.45) is 0 Å². The van der Waals surface area contributed by atoms with E-state index in [9.17, 15) is 14.4 Å². The van der Waals surface area contributed by atoms with Crippen molar-refractivity contribution in [3.63, 3.8) is 0 Å². The van der Waals surface area contributed by atoms with Gasteiger partial charge in [-0.25, -0.2) is 0 Å². The van der Waals surface area contributed by atoms with Gasteiger partial charge in [-0.2, -0.15) is 0 Å². The molecule has 3 aliphatic rings. The molecule has 0 radical (unpaired) electrons. The molecule has 0 saturated carbocycles. The minimum Gasteiger partial charge on any atom is -0.338 e. The molecule has 1 atom stereocenters. The van der Waals surface area contributed by atoms with E-state index in [-0.39, 0.29) is 24.1 Å². The fraction of sp³-hybridized carbons (Fsp3) is 0.375. The summed E-state index contributed by atoms with van der Waals surface area (Å²) in [6.07, 6.45) is 2.11. The average Bonchev–Trinajstić information content (AvgIpc) is 3.08. The van der Waals surface area contributed by atoms with Gasteiger partial charge in [-0.05, 0) is 43.0 Å². The van der Waals surface area contributed by atoms with Crippen LogP contribution in [0, 0.1) is 0 Å². The highest BCUT2D eigenvalue weighted by atomic mass is 16.2. The van der Waals surface area contributed by atoms with Crippen molar-refractivity contribution >= 4 is 23.4 Å².